The quantitative estimate of drug-likeness (QED) is 0.863. The van der Waals surface area contributed by atoms with Crippen LogP contribution in [0.1, 0.15) is 47.4 Å². The molecule has 106 valence electrons. The van der Waals surface area contributed by atoms with Gasteiger partial charge in [-0.2, -0.15) is 5.10 Å². The van der Waals surface area contributed by atoms with Crippen LogP contribution in [0, 0.1) is 19.3 Å². The van der Waals surface area contributed by atoms with Gasteiger partial charge in [0.25, 0.3) is 5.91 Å². The van der Waals surface area contributed by atoms with Gasteiger partial charge in [0.15, 0.2) is 0 Å². The van der Waals surface area contributed by atoms with Crippen molar-refractivity contribution >= 4 is 5.91 Å². The fourth-order valence-electron chi connectivity index (χ4n) is 2.97. The van der Waals surface area contributed by atoms with Gasteiger partial charge in [-0.3, -0.25) is 9.48 Å². The molecular weight excluding hydrogens is 242 g/mol. The van der Waals surface area contributed by atoms with Gasteiger partial charge in [-0.1, -0.05) is 12.8 Å². The Labute approximate surface area is 114 Å². The topological polar surface area (TPSA) is 67.2 Å². The molecule has 0 bridgehead atoms. The Morgan fingerprint density at radius 1 is 1.42 bits per heavy atom. The van der Waals surface area contributed by atoms with Crippen LogP contribution >= 0.6 is 0 Å². The van der Waals surface area contributed by atoms with E-state index in [1.807, 2.05) is 20.9 Å². The first-order valence-corrected chi connectivity index (χ1v) is 6.88. The normalized spacial score (nSPS) is 17.7. The van der Waals surface area contributed by atoms with E-state index >= 15 is 0 Å². The molecule has 1 aliphatic carbocycles. The summed E-state index contributed by atoms with van der Waals surface area (Å²) in [4.78, 5) is 12.3. The van der Waals surface area contributed by atoms with Crippen LogP contribution in [0.3, 0.4) is 0 Å². The van der Waals surface area contributed by atoms with Crippen LogP contribution < -0.4 is 5.32 Å². The number of hydrogen-bond acceptors (Lipinski definition) is 3. The molecule has 1 amide bonds. The van der Waals surface area contributed by atoms with E-state index in [4.69, 9.17) is 0 Å². The number of hydrogen-bond donors (Lipinski definition) is 2. The van der Waals surface area contributed by atoms with E-state index in [2.05, 4.69) is 10.4 Å². The molecule has 2 rings (SSSR count). The molecule has 1 saturated carbocycles. The summed E-state index contributed by atoms with van der Waals surface area (Å²) < 4.78 is 1.72. The van der Waals surface area contributed by atoms with Gasteiger partial charge in [-0.15, -0.1) is 0 Å². The van der Waals surface area contributed by atoms with Gasteiger partial charge >= 0.3 is 0 Å². The first kappa shape index (κ1) is 14.1. The SMILES string of the molecule is Cc1nn(C)c(C)c1C(=O)NCC1(CO)CCCC1. The molecule has 0 spiro atoms. The number of amides is 1. The van der Waals surface area contributed by atoms with E-state index in [9.17, 15) is 9.90 Å². The molecule has 5 nitrogen and oxygen atoms in total. The van der Waals surface area contributed by atoms with E-state index < -0.39 is 0 Å². The van der Waals surface area contributed by atoms with Crippen LogP contribution in [0.25, 0.3) is 0 Å². The van der Waals surface area contributed by atoms with Gasteiger partial charge in [-0.05, 0) is 26.7 Å². The molecule has 0 aliphatic heterocycles. The molecule has 1 fully saturated rings. The first-order chi connectivity index (χ1) is 8.99. The number of aryl methyl sites for hydroxylation is 2. The fourth-order valence-corrected chi connectivity index (χ4v) is 2.97. The molecule has 0 aromatic carbocycles. The minimum atomic E-state index is -0.111. The van der Waals surface area contributed by atoms with Crippen LogP contribution in [0.5, 0.6) is 0 Å². The fraction of sp³-hybridized carbons (Fsp3) is 0.714. The Morgan fingerprint density at radius 3 is 2.53 bits per heavy atom. The highest BCUT2D eigenvalue weighted by Gasteiger charge is 2.33. The molecule has 5 heteroatoms. The molecule has 2 N–H and O–H groups in total. The predicted molar refractivity (Wildman–Crippen MR) is 73.0 cm³/mol. The Balaban J connectivity index is 2.05. The molecule has 0 saturated heterocycles. The van der Waals surface area contributed by atoms with E-state index in [-0.39, 0.29) is 17.9 Å². The Hall–Kier alpha value is -1.36. The molecule has 1 heterocycles. The third-order valence-electron chi connectivity index (χ3n) is 4.36. The van der Waals surface area contributed by atoms with Gasteiger partial charge in [-0.25, -0.2) is 0 Å². The molecule has 0 unspecified atom stereocenters. The average Bonchev–Trinajstić information content (AvgIpc) is 2.94. The van der Waals surface area contributed by atoms with Crippen molar-refractivity contribution in [2.45, 2.75) is 39.5 Å². The first-order valence-electron chi connectivity index (χ1n) is 6.88. The Bertz CT molecular complexity index is 473. The van der Waals surface area contributed by atoms with Gasteiger partial charge in [0.1, 0.15) is 0 Å². The molecule has 19 heavy (non-hydrogen) atoms. The van der Waals surface area contributed by atoms with Crippen molar-refractivity contribution in [3.05, 3.63) is 17.0 Å². The summed E-state index contributed by atoms with van der Waals surface area (Å²) in [5, 5.41) is 16.8. The lowest BCUT2D eigenvalue weighted by Crippen LogP contribution is -2.38. The lowest BCUT2D eigenvalue weighted by Gasteiger charge is -2.26. The molecule has 0 radical (unpaired) electrons. The van der Waals surface area contributed by atoms with Gasteiger partial charge in [0, 0.05) is 24.7 Å². The molecule has 0 atom stereocenters. The largest absolute Gasteiger partial charge is 0.396 e. The maximum absolute atomic E-state index is 12.3. The third-order valence-corrected chi connectivity index (χ3v) is 4.36. The second-order valence-electron chi connectivity index (χ2n) is 5.72. The number of carbonyl (C=O) groups is 1. The van der Waals surface area contributed by atoms with Crippen molar-refractivity contribution in [2.75, 3.05) is 13.2 Å². The van der Waals surface area contributed by atoms with Crippen LogP contribution in [0.2, 0.25) is 0 Å². The molecule has 1 aromatic heterocycles. The van der Waals surface area contributed by atoms with Crippen LogP contribution in [-0.2, 0) is 7.05 Å². The standard InChI is InChI=1S/C14H23N3O2/c1-10-12(11(2)17(3)16-10)13(19)15-8-14(9-18)6-4-5-7-14/h18H,4-9H2,1-3H3,(H,15,19). The van der Waals surface area contributed by atoms with Gasteiger partial charge in [0.05, 0.1) is 17.9 Å². The number of nitrogens with zero attached hydrogens (tertiary/aromatic N) is 2. The summed E-state index contributed by atoms with van der Waals surface area (Å²) in [6, 6.07) is 0. The van der Waals surface area contributed by atoms with Crippen LogP contribution in [0.4, 0.5) is 0 Å². The average molecular weight is 265 g/mol. The van der Waals surface area contributed by atoms with E-state index in [1.165, 1.54) is 0 Å². The molecule has 1 aromatic rings. The Kier molecular flexibility index (Phi) is 3.94. The molecule has 1 aliphatic rings. The third kappa shape index (κ3) is 2.66. The van der Waals surface area contributed by atoms with Crippen molar-refractivity contribution in [1.82, 2.24) is 15.1 Å². The second-order valence-corrected chi connectivity index (χ2v) is 5.72. The lowest BCUT2D eigenvalue weighted by molar-refractivity contribution is 0.0879. The number of aliphatic hydroxyl groups excluding tert-OH is 1. The summed E-state index contributed by atoms with van der Waals surface area (Å²) in [6.45, 7) is 4.44. The second kappa shape index (κ2) is 5.33. The zero-order chi connectivity index (χ0) is 14.0. The monoisotopic (exact) mass is 265 g/mol. The zero-order valence-corrected chi connectivity index (χ0v) is 12.0. The van der Waals surface area contributed by atoms with Gasteiger partial charge < -0.3 is 10.4 Å². The summed E-state index contributed by atoms with van der Waals surface area (Å²) in [6.07, 6.45) is 4.27. The number of nitrogens with one attached hydrogen (secondary N) is 1. The van der Waals surface area contributed by atoms with Crippen molar-refractivity contribution in [3.63, 3.8) is 0 Å². The smallest absolute Gasteiger partial charge is 0.255 e. The van der Waals surface area contributed by atoms with E-state index in [0.29, 0.717) is 12.1 Å². The van der Waals surface area contributed by atoms with E-state index in [1.54, 1.807) is 4.68 Å². The van der Waals surface area contributed by atoms with Crippen LogP contribution in [-0.4, -0.2) is 33.9 Å². The summed E-state index contributed by atoms with van der Waals surface area (Å²) in [5.74, 6) is -0.0807. The maximum atomic E-state index is 12.3. The molecular formula is C14H23N3O2. The van der Waals surface area contributed by atoms with Crippen molar-refractivity contribution in [1.29, 1.82) is 0 Å². The minimum Gasteiger partial charge on any atom is -0.396 e. The highest BCUT2D eigenvalue weighted by Crippen LogP contribution is 2.36. The van der Waals surface area contributed by atoms with Crippen molar-refractivity contribution in [3.8, 4) is 0 Å². The number of aromatic nitrogens is 2. The summed E-state index contributed by atoms with van der Waals surface area (Å²) in [5.41, 5.74) is 2.18. The van der Waals surface area contributed by atoms with Crippen LogP contribution in [0.15, 0.2) is 0 Å². The zero-order valence-electron chi connectivity index (χ0n) is 12.0. The number of rotatable bonds is 4. The highest BCUT2D eigenvalue weighted by atomic mass is 16.3. The van der Waals surface area contributed by atoms with Crippen molar-refractivity contribution in [2.24, 2.45) is 12.5 Å². The van der Waals surface area contributed by atoms with Crippen molar-refractivity contribution < 1.29 is 9.90 Å². The maximum Gasteiger partial charge on any atom is 0.255 e. The lowest BCUT2D eigenvalue weighted by atomic mass is 9.87. The summed E-state index contributed by atoms with van der Waals surface area (Å²) >= 11 is 0. The summed E-state index contributed by atoms with van der Waals surface area (Å²) in [7, 11) is 1.84. The number of carbonyl (C=O) groups excluding carboxylic acids is 1. The highest BCUT2D eigenvalue weighted by molar-refractivity contribution is 5.96. The predicted octanol–water partition coefficient (Wildman–Crippen LogP) is 1.32. The Morgan fingerprint density at radius 2 is 2.05 bits per heavy atom. The van der Waals surface area contributed by atoms with Gasteiger partial charge in [0.2, 0.25) is 0 Å². The number of aliphatic hydroxyl groups is 1. The minimum absolute atomic E-state index is 0.0807. The van der Waals surface area contributed by atoms with E-state index in [0.717, 1.165) is 37.1 Å².